The molecular formula is C15H13ClO2. The van der Waals surface area contributed by atoms with Crippen LogP contribution >= 0.6 is 11.6 Å². The summed E-state index contributed by atoms with van der Waals surface area (Å²) in [5.74, 6) is 0.559. The summed E-state index contributed by atoms with van der Waals surface area (Å²) in [6.45, 7) is 2.41. The molecule has 0 heterocycles. The van der Waals surface area contributed by atoms with Crippen LogP contribution in [0.1, 0.15) is 17.3 Å². The van der Waals surface area contributed by atoms with Crippen LogP contribution in [0.2, 0.25) is 5.02 Å². The second-order valence-electron chi connectivity index (χ2n) is 3.79. The first-order valence-electron chi connectivity index (χ1n) is 5.73. The van der Waals surface area contributed by atoms with Gasteiger partial charge in [-0.1, -0.05) is 41.9 Å². The maximum atomic E-state index is 10.4. The molecule has 0 aromatic heterocycles. The van der Waals surface area contributed by atoms with E-state index >= 15 is 0 Å². The molecule has 0 atom stereocenters. The van der Waals surface area contributed by atoms with E-state index in [0.29, 0.717) is 29.2 Å². The largest absolute Gasteiger partial charge is 0.492 e. The molecule has 0 spiro atoms. The molecule has 2 nitrogen and oxygen atoms in total. The van der Waals surface area contributed by atoms with E-state index in [0.717, 1.165) is 0 Å². The summed E-state index contributed by atoms with van der Waals surface area (Å²) in [5.41, 5.74) is 3.31. The van der Waals surface area contributed by atoms with E-state index in [1.165, 1.54) is 11.1 Å². The van der Waals surface area contributed by atoms with Crippen molar-refractivity contribution in [3.63, 3.8) is 0 Å². The Morgan fingerprint density at radius 3 is 2.11 bits per heavy atom. The Hall–Kier alpha value is -1.80. The van der Waals surface area contributed by atoms with Crippen molar-refractivity contribution in [1.29, 1.82) is 0 Å². The number of halogens is 1. The molecule has 1 aromatic carbocycles. The Labute approximate surface area is 111 Å². The molecule has 0 saturated carbocycles. The molecule has 0 N–H and O–H groups in total. The second-order valence-corrected chi connectivity index (χ2v) is 4.17. The van der Waals surface area contributed by atoms with Crippen molar-refractivity contribution in [3.8, 4) is 16.9 Å². The van der Waals surface area contributed by atoms with Crippen LogP contribution in [-0.4, -0.2) is 12.9 Å². The Morgan fingerprint density at radius 2 is 1.72 bits per heavy atom. The molecule has 0 bridgehead atoms. The minimum Gasteiger partial charge on any atom is -0.492 e. The number of aldehydes is 1. The third kappa shape index (κ3) is 2.54. The zero-order valence-electron chi connectivity index (χ0n) is 10.0. The number of rotatable bonds is 3. The lowest BCUT2D eigenvalue weighted by Gasteiger charge is -2.10. The molecule has 0 saturated heterocycles. The van der Waals surface area contributed by atoms with Crippen LogP contribution < -0.4 is 4.74 Å². The Kier molecular flexibility index (Phi) is 4.00. The van der Waals surface area contributed by atoms with E-state index in [1.54, 1.807) is 18.2 Å². The lowest BCUT2D eigenvalue weighted by molar-refractivity contribution is 0.112. The zero-order valence-corrected chi connectivity index (χ0v) is 10.8. The molecular weight excluding hydrogens is 248 g/mol. The average Bonchev–Trinajstić information content (AvgIpc) is 2.37. The number of carbonyl (C=O) groups is 1. The quantitative estimate of drug-likeness (QED) is 0.659. The Morgan fingerprint density at radius 1 is 1.11 bits per heavy atom. The minimum absolute atomic E-state index is 0.384. The smallest absolute Gasteiger partial charge is 0.151 e. The monoisotopic (exact) mass is 260 g/mol. The van der Waals surface area contributed by atoms with Gasteiger partial charge in [-0.15, -0.1) is 0 Å². The number of benzene rings is 2. The molecule has 0 radical (unpaired) electrons. The molecule has 0 unspecified atom stereocenters. The molecule has 3 heteroatoms. The van der Waals surface area contributed by atoms with Gasteiger partial charge in [0, 0.05) is 5.56 Å². The molecule has 18 heavy (non-hydrogen) atoms. The van der Waals surface area contributed by atoms with Crippen LogP contribution in [0, 0.1) is 0 Å². The van der Waals surface area contributed by atoms with Gasteiger partial charge in [0.25, 0.3) is 0 Å². The SMILES string of the molecule is CCOc1cccc(C=O)c1Cl.c1cc2ccc1-2. The lowest BCUT2D eigenvalue weighted by Crippen LogP contribution is -1.93. The van der Waals surface area contributed by atoms with Gasteiger partial charge in [-0.2, -0.15) is 0 Å². The number of hydrogen-bond acceptors (Lipinski definition) is 2. The fraction of sp³-hybridized carbons (Fsp3) is 0.133. The molecule has 0 aliphatic heterocycles. The first kappa shape index (κ1) is 12.7. The second kappa shape index (κ2) is 5.69. The van der Waals surface area contributed by atoms with Crippen LogP contribution in [-0.2, 0) is 0 Å². The van der Waals surface area contributed by atoms with Crippen molar-refractivity contribution in [3.05, 3.63) is 53.1 Å². The van der Waals surface area contributed by atoms with Crippen molar-refractivity contribution in [1.82, 2.24) is 0 Å². The number of carbonyl (C=O) groups excluding carboxylic acids is 1. The van der Waals surface area contributed by atoms with E-state index in [2.05, 4.69) is 24.3 Å². The van der Waals surface area contributed by atoms with Crippen LogP contribution in [0.15, 0.2) is 42.5 Å². The van der Waals surface area contributed by atoms with Gasteiger partial charge in [-0.3, -0.25) is 4.79 Å². The highest BCUT2D eigenvalue weighted by Crippen LogP contribution is 2.29. The summed E-state index contributed by atoms with van der Waals surface area (Å²) in [6.07, 6.45) is 0.713. The minimum atomic E-state index is 0.384. The normalized spacial score (nSPS) is 10.1. The number of ether oxygens (including phenoxy) is 1. The van der Waals surface area contributed by atoms with Gasteiger partial charge in [0.1, 0.15) is 5.75 Å². The highest BCUT2D eigenvalue weighted by atomic mass is 35.5. The summed E-state index contributed by atoms with van der Waals surface area (Å²) in [6, 6.07) is 13.6. The van der Waals surface area contributed by atoms with Crippen molar-refractivity contribution in [2.75, 3.05) is 6.61 Å². The summed E-state index contributed by atoms with van der Waals surface area (Å²) < 4.78 is 5.19. The topological polar surface area (TPSA) is 26.3 Å². The van der Waals surface area contributed by atoms with Crippen molar-refractivity contribution in [2.45, 2.75) is 6.92 Å². The molecule has 1 aromatic rings. The zero-order chi connectivity index (χ0) is 13.0. The summed E-state index contributed by atoms with van der Waals surface area (Å²) in [5, 5.41) is 0.384. The van der Waals surface area contributed by atoms with E-state index < -0.39 is 0 Å². The van der Waals surface area contributed by atoms with E-state index in [-0.39, 0.29) is 0 Å². The van der Waals surface area contributed by atoms with E-state index in [1.807, 2.05) is 6.92 Å². The van der Waals surface area contributed by atoms with E-state index in [9.17, 15) is 4.79 Å². The van der Waals surface area contributed by atoms with Gasteiger partial charge in [-0.05, 0) is 30.2 Å². The van der Waals surface area contributed by atoms with Crippen molar-refractivity contribution >= 4 is 17.9 Å². The van der Waals surface area contributed by atoms with Gasteiger partial charge in [0.05, 0.1) is 11.6 Å². The fourth-order valence-corrected chi connectivity index (χ4v) is 1.77. The van der Waals surface area contributed by atoms with Gasteiger partial charge in [0.2, 0.25) is 0 Å². The third-order valence-electron chi connectivity index (χ3n) is 2.64. The predicted octanol–water partition coefficient (Wildman–Crippen LogP) is 4.22. The van der Waals surface area contributed by atoms with Crippen LogP contribution in [0.25, 0.3) is 11.1 Å². The Bertz CT molecular complexity index is 526. The van der Waals surface area contributed by atoms with Gasteiger partial charge in [0.15, 0.2) is 6.29 Å². The summed E-state index contributed by atoms with van der Waals surface area (Å²) in [7, 11) is 0. The Balaban J connectivity index is 0.000000164. The van der Waals surface area contributed by atoms with Crippen molar-refractivity contribution < 1.29 is 9.53 Å². The van der Waals surface area contributed by atoms with Gasteiger partial charge < -0.3 is 4.74 Å². The molecule has 92 valence electrons. The maximum Gasteiger partial charge on any atom is 0.151 e. The average molecular weight is 261 g/mol. The first-order valence-corrected chi connectivity index (χ1v) is 6.11. The van der Waals surface area contributed by atoms with E-state index in [4.69, 9.17) is 16.3 Å². The molecule has 0 amide bonds. The molecule has 2 aliphatic rings. The van der Waals surface area contributed by atoms with Crippen LogP contribution in [0.5, 0.6) is 5.75 Å². The van der Waals surface area contributed by atoms with Gasteiger partial charge in [-0.25, -0.2) is 0 Å². The molecule has 0 fully saturated rings. The number of hydrogen-bond donors (Lipinski definition) is 0. The van der Waals surface area contributed by atoms with Crippen molar-refractivity contribution in [2.24, 2.45) is 0 Å². The fourth-order valence-electron chi connectivity index (χ4n) is 1.55. The molecule has 3 rings (SSSR count). The predicted molar refractivity (Wildman–Crippen MR) is 73.4 cm³/mol. The van der Waals surface area contributed by atoms with Crippen LogP contribution in [0.3, 0.4) is 0 Å². The lowest BCUT2D eigenvalue weighted by atomic mass is 9.95. The maximum absolute atomic E-state index is 10.4. The first-order chi connectivity index (χ1) is 8.76. The van der Waals surface area contributed by atoms with Crippen LogP contribution in [0.4, 0.5) is 0 Å². The highest BCUT2D eigenvalue weighted by Gasteiger charge is 2.05. The summed E-state index contributed by atoms with van der Waals surface area (Å²) in [4.78, 5) is 10.4. The standard InChI is InChI=1S/C9H9ClO2.C6H4/c1-2-12-8-5-3-4-7(6-11)9(8)10;1-2-6-4-3-5(1)6/h3-6H,2H2,1H3;1-4H. The summed E-state index contributed by atoms with van der Waals surface area (Å²) >= 11 is 5.83. The highest BCUT2D eigenvalue weighted by molar-refractivity contribution is 6.34. The number of fused-ring (bicyclic) bond motifs is 1. The third-order valence-corrected chi connectivity index (χ3v) is 3.04. The molecule has 2 aliphatic carbocycles. The van der Waals surface area contributed by atoms with Gasteiger partial charge >= 0.3 is 0 Å².